The van der Waals surface area contributed by atoms with Gasteiger partial charge in [-0.25, -0.2) is 0 Å². The number of hydrogen-bond donors (Lipinski definition) is 3. The molecular formula is C11H23N3O2. The SMILES string of the molecule is CC(=O)NC1CC(C(C)O)CN(CCN)C1. The first-order chi connectivity index (χ1) is 7.52. The van der Waals surface area contributed by atoms with Gasteiger partial charge in [-0.05, 0) is 19.3 Å². The fourth-order valence-electron chi connectivity index (χ4n) is 2.34. The van der Waals surface area contributed by atoms with Gasteiger partial charge in [0.25, 0.3) is 0 Å². The summed E-state index contributed by atoms with van der Waals surface area (Å²) >= 11 is 0. The molecule has 3 unspecified atom stereocenters. The van der Waals surface area contributed by atoms with Crippen LogP contribution in [0.4, 0.5) is 0 Å². The molecule has 0 aromatic carbocycles. The number of aliphatic hydroxyl groups is 1. The summed E-state index contributed by atoms with van der Waals surface area (Å²) in [4.78, 5) is 13.2. The fraction of sp³-hybridized carbons (Fsp3) is 0.909. The Morgan fingerprint density at radius 2 is 2.31 bits per heavy atom. The summed E-state index contributed by atoms with van der Waals surface area (Å²) in [5, 5.41) is 12.6. The zero-order valence-corrected chi connectivity index (χ0v) is 10.1. The van der Waals surface area contributed by atoms with Crippen LogP contribution >= 0.6 is 0 Å². The number of rotatable bonds is 4. The van der Waals surface area contributed by atoms with Gasteiger partial charge in [0.2, 0.25) is 5.91 Å². The Kier molecular flexibility index (Phi) is 5.18. The van der Waals surface area contributed by atoms with Crippen molar-refractivity contribution in [3.8, 4) is 0 Å². The third-order valence-corrected chi connectivity index (χ3v) is 3.09. The van der Waals surface area contributed by atoms with Crippen LogP contribution in [-0.4, -0.2) is 54.2 Å². The van der Waals surface area contributed by atoms with Crippen molar-refractivity contribution in [3.63, 3.8) is 0 Å². The Bertz CT molecular complexity index is 233. The average Bonchev–Trinajstić information content (AvgIpc) is 2.16. The van der Waals surface area contributed by atoms with E-state index in [1.807, 2.05) is 0 Å². The van der Waals surface area contributed by atoms with E-state index in [-0.39, 0.29) is 24.0 Å². The lowest BCUT2D eigenvalue weighted by atomic mass is 9.90. The molecule has 5 heteroatoms. The predicted octanol–water partition coefficient (Wildman–Crippen LogP) is -0.847. The van der Waals surface area contributed by atoms with Crippen LogP contribution in [0.15, 0.2) is 0 Å². The first-order valence-corrected chi connectivity index (χ1v) is 5.90. The number of hydrogen-bond acceptors (Lipinski definition) is 4. The molecule has 1 rings (SSSR count). The zero-order chi connectivity index (χ0) is 12.1. The van der Waals surface area contributed by atoms with E-state index in [1.165, 1.54) is 6.92 Å². The van der Waals surface area contributed by atoms with E-state index >= 15 is 0 Å². The molecule has 0 aliphatic carbocycles. The summed E-state index contributed by atoms with van der Waals surface area (Å²) in [6.07, 6.45) is 0.509. The smallest absolute Gasteiger partial charge is 0.217 e. The molecule has 94 valence electrons. The molecule has 5 nitrogen and oxygen atoms in total. The van der Waals surface area contributed by atoms with Crippen LogP contribution in [0.3, 0.4) is 0 Å². The minimum absolute atomic E-state index is 0.0102. The molecule has 0 spiro atoms. The van der Waals surface area contributed by atoms with Crippen LogP contribution in [0.25, 0.3) is 0 Å². The Morgan fingerprint density at radius 3 is 2.81 bits per heavy atom. The fourth-order valence-corrected chi connectivity index (χ4v) is 2.34. The Hall–Kier alpha value is -0.650. The second-order valence-corrected chi connectivity index (χ2v) is 4.68. The van der Waals surface area contributed by atoms with Gasteiger partial charge < -0.3 is 16.2 Å². The maximum atomic E-state index is 11.0. The predicted molar refractivity (Wildman–Crippen MR) is 62.9 cm³/mol. The van der Waals surface area contributed by atoms with Gasteiger partial charge in [-0.3, -0.25) is 9.69 Å². The highest BCUT2D eigenvalue weighted by Gasteiger charge is 2.29. The normalized spacial score (nSPS) is 28.8. The highest BCUT2D eigenvalue weighted by atomic mass is 16.3. The topological polar surface area (TPSA) is 78.6 Å². The van der Waals surface area contributed by atoms with Crippen LogP contribution in [0.1, 0.15) is 20.3 Å². The third kappa shape index (κ3) is 4.08. The van der Waals surface area contributed by atoms with Crippen molar-refractivity contribution in [1.82, 2.24) is 10.2 Å². The molecule has 0 radical (unpaired) electrons. The maximum absolute atomic E-state index is 11.0. The standard InChI is InChI=1S/C11H23N3O2/c1-8(15)10-5-11(13-9(2)16)7-14(6-10)4-3-12/h8,10-11,15H,3-7,12H2,1-2H3,(H,13,16). The first-order valence-electron chi connectivity index (χ1n) is 5.90. The Balaban J connectivity index is 2.55. The number of amides is 1. The molecule has 0 aromatic rings. The van der Waals surface area contributed by atoms with Crippen molar-refractivity contribution in [1.29, 1.82) is 0 Å². The highest BCUT2D eigenvalue weighted by Crippen LogP contribution is 2.19. The quantitative estimate of drug-likeness (QED) is 0.587. The van der Waals surface area contributed by atoms with E-state index in [9.17, 15) is 9.90 Å². The van der Waals surface area contributed by atoms with Crippen molar-refractivity contribution in [2.24, 2.45) is 11.7 Å². The molecule has 1 heterocycles. The number of carbonyl (C=O) groups is 1. The summed E-state index contributed by atoms with van der Waals surface area (Å²) in [6, 6.07) is 0.136. The lowest BCUT2D eigenvalue weighted by Crippen LogP contribution is -2.53. The van der Waals surface area contributed by atoms with Crippen LogP contribution in [0.5, 0.6) is 0 Å². The van der Waals surface area contributed by atoms with Crippen LogP contribution in [0.2, 0.25) is 0 Å². The minimum atomic E-state index is -0.336. The highest BCUT2D eigenvalue weighted by molar-refractivity contribution is 5.73. The van der Waals surface area contributed by atoms with E-state index in [0.29, 0.717) is 6.54 Å². The van der Waals surface area contributed by atoms with E-state index < -0.39 is 0 Å². The summed E-state index contributed by atoms with van der Waals surface area (Å²) in [7, 11) is 0. The molecule has 0 bridgehead atoms. The molecule has 1 aliphatic heterocycles. The van der Waals surface area contributed by atoms with Gasteiger partial charge in [-0.15, -0.1) is 0 Å². The van der Waals surface area contributed by atoms with Crippen molar-refractivity contribution in [3.05, 3.63) is 0 Å². The largest absolute Gasteiger partial charge is 0.393 e. The van der Waals surface area contributed by atoms with Gasteiger partial charge in [-0.2, -0.15) is 0 Å². The second kappa shape index (κ2) is 6.18. The molecular weight excluding hydrogens is 206 g/mol. The first kappa shape index (κ1) is 13.4. The van der Waals surface area contributed by atoms with Crippen molar-refractivity contribution in [2.45, 2.75) is 32.4 Å². The van der Waals surface area contributed by atoms with Crippen LogP contribution in [0, 0.1) is 5.92 Å². The molecule has 1 aliphatic rings. The summed E-state index contributed by atoms with van der Waals surface area (Å²) in [5.41, 5.74) is 5.54. The molecule has 0 saturated carbocycles. The Morgan fingerprint density at radius 1 is 1.62 bits per heavy atom. The van der Waals surface area contributed by atoms with Gasteiger partial charge in [0.1, 0.15) is 0 Å². The average molecular weight is 229 g/mol. The summed E-state index contributed by atoms with van der Waals surface area (Å²) in [5.74, 6) is 0.209. The zero-order valence-electron chi connectivity index (χ0n) is 10.1. The lowest BCUT2D eigenvalue weighted by Gasteiger charge is -2.39. The van der Waals surface area contributed by atoms with Gasteiger partial charge in [0.05, 0.1) is 6.10 Å². The monoisotopic (exact) mass is 229 g/mol. The van der Waals surface area contributed by atoms with E-state index in [2.05, 4.69) is 10.2 Å². The number of piperidine rings is 1. The number of aliphatic hydroxyl groups excluding tert-OH is 1. The molecule has 1 amide bonds. The summed E-state index contributed by atoms with van der Waals surface area (Å²) in [6.45, 7) is 6.46. The van der Waals surface area contributed by atoms with E-state index in [4.69, 9.17) is 5.73 Å². The maximum Gasteiger partial charge on any atom is 0.217 e. The number of carbonyl (C=O) groups excluding carboxylic acids is 1. The second-order valence-electron chi connectivity index (χ2n) is 4.68. The van der Waals surface area contributed by atoms with Crippen LogP contribution in [-0.2, 0) is 4.79 Å². The molecule has 1 saturated heterocycles. The van der Waals surface area contributed by atoms with Gasteiger partial charge in [-0.1, -0.05) is 0 Å². The third-order valence-electron chi connectivity index (χ3n) is 3.09. The summed E-state index contributed by atoms with van der Waals surface area (Å²) < 4.78 is 0. The van der Waals surface area contributed by atoms with E-state index in [1.54, 1.807) is 6.92 Å². The lowest BCUT2D eigenvalue weighted by molar-refractivity contribution is -0.120. The van der Waals surface area contributed by atoms with Crippen LogP contribution < -0.4 is 11.1 Å². The number of nitrogens with one attached hydrogen (secondary N) is 1. The molecule has 1 fully saturated rings. The van der Waals surface area contributed by atoms with Crippen molar-refractivity contribution < 1.29 is 9.90 Å². The molecule has 0 aromatic heterocycles. The van der Waals surface area contributed by atoms with Gasteiger partial charge in [0.15, 0.2) is 0 Å². The molecule has 16 heavy (non-hydrogen) atoms. The molecule has 3 atom stereocenters. The van der Waals surface area contributed by atoms with Crippen molar-refractivity contribution >= 4 is 5.91 Å². The number of nitrogens with two attached hydrogens (primary N) is 1. The number of likely N-dealkylation sites (tertiary alicyclic amines) is 1. The van der Waals surface area contributed by atoms with Gasteiger partial charge in [0, 0.05) is 39.1 Å². The minimum Gasteiger partial charge on any atom is -0.393 e. The number of nitrogens with zero attached hydrogens (tertiary/aromatic N) is 1. The van der Waals surface area contributed by atoms with Crippen molar-refractivity contribution in [2.75, 3.05) is 26.2 Å². The van der Waals surface area contributed by atoms with E-state index in [0.717, 1.165) is 26.1 Å². The Labute approximate surface area is 97.0 Å². The molecule has 4 N–H and O–H groups in total. The van der Waals surface area contributed by atoms with Gasteiger partial charge >= 0.3 is 0 Å².